The van der Waals surface area contributed by atoms with Crippen molar-refractivity contribution in [2.75, 3.05) is 13.7 Å². The summed E-state index contributed by atoms with van der Waals surface area (Å²) < 4.78 is 10.2. The van der Waals surface area contributed by atoms with Crippen LogP contribution in [0, 0.1) is 0 Å². The molecule has 1 N–H and O–H groups in total. The van der Waals surface area contributed by atoms with Crippen LogP contribution < -0.4 is 5.32 Å². The van der Waals surface area contributed by atoms with Crippen molar-refractivity contribution in [2.45, 2.75) is 12.6 Å². The van der Waals surface area contributed by atoms with E-state index in [-0.39, 0.29) is 12.5 Å². The summed E-state index contributed by atoms with van der Waals surface area (Å²) in [5.41, 5.74) is 1.47. The molecule has 0 radical (unpaired) electrons. The molecule has 23 heavy (non-hydrogen) atoms. The summed E-state index contributed by atoms with van der Waals surface area (Å²) in [6.07, 6.45) is 0. The lowest BCUT2D eigenvalue weighted by atomic mass is 10.2. The molecule has 0 aliphatic rings. The second-order valence-electron chi connectivity index (χ2n) is 4.92. The zero-order valence-corrected chi connectivity index (χ0v) is 12.9. The molecule has 1 unspecified atom stereocenters. The fraction of sp³-hybridized carbons (Fsp3) is 0.222. The Kier molecular flexibility index (Phi) is 6.32. The molecule has 2 rings (SSSR count). The van der Waals surface area contributed by atoms with E-state index in [1.165, 1.54) is 7.11 Å². The lowest BCUT2D eigenvalue weighted by Crippen LogP contribution is -2.44. The van der Waals surface area contributed by atoms with Crippen LogP contribution in [0.25, 0.3) is 0 Å². The summed E-state index contributed by atoms with van der Waals surface area (Å²) in [5, 5.41) is 2.63. The number of hydrogen-bond donors (Lipinski definition) is 1. The summed E-state index contributed by atoms with van der Waals surface area (Å²) in [4.78, 5) is 23.9. The summed E-state index contributed by atoms with van der Waals surface area (Å²) >= 11 is 0. The number of methoxy groups -OCH3 is 1. The van der Waals surface area contributed by atoms with Gasteiger partial charge in [-0.05, 0) is 17.7 Å². The van der Waals surface area contributed by atoms with E-state index in [9.17, 15) is 9.59 Å². The van der Waals surface area contributed by atoms with Gasteiger partial charge in [-0.15, -0.1) is 0 Å². The Balaban J connectivity index is 1.92. The lowest BCUT2D eigenvalue weighted by Gasteiger charge is -2.16. The van der Waals surface area contributed by atoms with Crippen molar-refractivity contribution >= 4 is 11.9 Å². The highest BCUT2D eigenvalue weighted by Crippen LogP contribution is 2.03. The van der Waals surface area contributed by atoms with Crippen LogP contribution in [0.4, 0.5) is 0 Å². The first-order chi connectivity index (χ1) is 11.2. The van der Waals surface area contributed by atoms with Crippen molar-refractivity contribution in [3.63, 3.8) is 0 Å². The molecular formula is C18H19NO4. The van der Waals surface area contributed by atoms with Gasteiger partial charge in [0.15, 0.2) is 6.04 Å². The Bertz CT molecular complexity index is 628. The molecule has 5 nitrogen and oxygen atoms in total. The molecule has 1 atom stereocenters. The van der Waals surface area contributed by atoms with Crippen LogP contribution in [-0.2, 0) is 20.9 Å². The van der Waals surface area contributed by atoms with Crippen molar-refractivity contribution in [3.8, 4) is 0 Å². The van der Waals surface area contributed by atoms with Gasteiger partial charge in [0.25, 0.3) is 5.91 Å². The number of amides is 1. The molecule has 1 amide bonds. The largest absolute Gasteiger partial charge is 0.467 e. The predicted molar refractivity (Wildman–Crippen MR) is 85.8 cm³/mol. The van der Waals surface area contributed by atoms with Crippen molar-refractivity contribution < 1.29 is 19.1 Å². The van der Waals surface area contributed by atoms with Crippen LogP contribution in [0.15, 0.2) is 60.7 Å². The van der Waals surface area contributed by atoms with E-state index in [2.05, 4.69) is 5.32 Å². The van der Waals surface area contributed by atoms with E-state index in [1.807, 2.05) is 36.4 Å². The summed E-state index contributed by atoms with van der Waals surface area (Å²) in [5.74, 6) is -0.883. The van der Waals surface area contributed by atoms with Crippen LogP contribution in [0.5, 0.6) is 0 Å². The first-order valence-electron chi connectivity index (χ1n) is 7.26. The number of ether oxygens (including phenoxy) is 2. The molecule has 0 aliphatic carbocycles. The normalized spacial score (nSPS) is 11.5. The number of benzene rings is 2. The number of carbonyl (C=O) groups excluding carboxylic acids is 2. The quantitative estimate of drug-likeness (QED) is 0.796. The van der Waals surface area contributed by atoms with E-state index in [0.29, 0.717) is 12.2 Å². The molecule has 0 saturated heterocycles. The maximum Gasteiger partial charge on any atom is 0.330 e. The van der Waals surface area contributed by atoms with Gasteiger partial charge in [-0.2, -0.15) is 0 Å². The van der Waals surface area contributed by atoms with E-state index in [4.69, 9.17) is 9.47 Å². The van der Waals surface area contributed by atoms with Crippen LogP contribution in [-0.4, -0.2) is 31.6 Å². The molecule has 0 aromatic heterocycles. The number of rotatable bonds is 7. The van der Waals surface area contributed by atoms with Crippen molar-refractivity contribution in [1.82, 2.24) is 5.32 Å². The third-order valence-electron chi connectivity index (χ3n) is 3.22. The van der Waals surface area contributed by atoms with Gasteiger partial charge in [-0.3, -0.25) is 4.79 Å². The van der Waals surface area contributed by atoms with Gasteiger partial charge in [-0.1, -0.05) is 48.5 Å². The van der Waals surface area contributed by atoms with Crippen LogP contribution in [0.3, 0.4) is 0 Å². The Morgan fingerprint density at radius 2 is 1.61 bits per heavy atom. The topological polar surface area (TPSA) is 64.6 Å². The standard InChI is InChI=1S/C18H19NO4/c1-22-18(21)16(13-23-12-14-8-4-2-5-9-14)19-17(20)15-10-6-3-7-11-15/h2-11,16H,12-13H2,1H3,(H,19,20). The van der Waals surface area contributed by atoms with Gasteiger partial charge in [0.05, 0.1) is 20.3 Å². The minimum Gasteiger partial charge on any atom is -0.467 e. The lowest BCUT2D eigenvalue weighted by molar-refractivity contribution is -0.144. The minimum absolute atomic E-state index is 0.0418. The third-order valence-corrected chi connectivity index (χ3v) is 3.22. The Morgan fingerprint density at radius 3 is 2.22 bits per heavy atom. The molecule has 2 aromatic carbocycles. The van der Waals surface area contributed by atoms with Gasteiger partial charge in [0.2, 0.25) is 0 Å². The first-order valence-corrected chi connectivity index (χ1v) is 7.26. The molecule has 0 fully saturated rings. The van der Waals surface area contributed by atoms with Gasteiger partial charge in [-0.25, -0.2) is 4.79 Å². The Labute approximate surface area is 135 Å². The molecule has 0 saturated carbocycles. The van der Waals surface area contributed by atoms with E-state index in [0.717, 1.165) is 5.56 Å². The molecule has 0 spiro atoms. The zero-order chi connectivity index (χ0) is 16.5. The molecule has 120 valence electrons. The van der Waals surface area contributed by atoms with Crippen LogP contribution >= 0.6 is 0 Å². The summed E-state index contributed by atoms with van der Waals surface area (Å²) in [7, 11) is 1.28. The summed E-state index contributed by atoms with van der Waals surface area (Å²) in [6.45, 7) is 0.398. The van der Waals surface area contributed by atoms with E-state index < -0.39 is 12.0 Å². The zero-order valence-electron chi connectivity index (χ0n) is 12.9. The smallest absolute Gasteiger partial charge is 0.330 e. The fourth-order valence-corrected chi connectivity index (χ4v) is 2.01. The maximum atomic E-state index is 12.1. The average molecular weight is 313 g/mol. The molecular weight excluding hydrogens is 294 g/mol. The molecule has 0 heterocycles. The van der Waals surface area contributed by atoms with Crippen LogP contribution in [0.1, 0.15) is 15.9 Å². The average Bonchev–Trinajstić information content (AvgIpc) is 2.61. The Hall–Kier alpha value is -2.66. The second kappa shape index (κ2) is 8.70. The highest BCUT2D eigenvalue weighted by molar-refractivity contribution is 5.96. The van der Waals surface area contributed by atoms with Crippen molar-refractivity contribution in [2.24, 2.45) is 0 Å². The number of nitrogens with one attached hydrogen (secondary N) is 1. The molecule has 0 bridgehead atoms. The van der Waals surface area contributed by atoms with Crippen molar-refractivity contribution in [1.29, 1.82) is 0 Å². The predicted octanol–water partition coefficient (Wildman–Crippen LogP) is 2.17. The second-order valence-corrected chi connectivity index (χ2v) is 4.92. The highest BCUT2D eigenvalue weighted by atomic mass is 16.5. The Morgan fingerprint density at radius 1 is 1.00 bits per heavy atom. The SMILES string of the molecule is COC(=O)C(COCc1ccccc1)NC(=O)c1ccccc1. The maximum absolute atomic E-state index is 12.1. The van der Waals surface area contributed by atoms with Gasteiger partial charge in [0, 0.05) is 5.56 Å². The fourth-order valence-electron chi connectivity index (χ4n) is 2.01. The summed E-state index contributed by atoms with van der Waals surface area (Å²) in [6, 6.07) is 17.4. The van der Waals surface area contributed by atoms with Crippen molar-refractivity contribution in [3.05, 3.63) is 71.8 Å². The molecule has 0 aliphatic heterocycles. The third kappa shape index (κ3) is 5.23. The monoisotopic (exact) mass is 313 g/mol. The van der Waals surface area contributed by atoms with Crippen LogP contribution in [0.2, 0.25) is 0 Å². The number of carbonyl (C=O) groups is 2. The van der Waals surface area contributed by atoms with E-state index in [1.54, 1.807) is 24.3 Å². The van der Waals surface area contributed by atoms with Gasteiger partial charge < -0.3 is 14.8 Å². The van der Waals surface area contributed by atoms with E-state index >= 15 is 0 Å². The first kappa shape index (κ1) is 16.7. The van der Waals surface area contributed by atoms with Gasteiger partial charge in [0.1, 0.15) is 0 Å². The number of esters is 1. The molecule has 2 aromatic rings. The minimum atomic E-state index is -0.851. The number of hydrogen-bond acceptors (Lipinski definition) is 4. The molecule has 5 heteroatoms. The highest BCUT2D eigenvalue weighted by Gasteiger charge is 2.22. The van der Waals surface area contributed by atoms with Gasteiger partial charge >= 0.3 is 5.97 Å².